The van der Waals surface area contributed by atoms with Crippen molar-refractivity contribution in [1.82, 2.24) is 20.4 Å². The molecule has 1 unspecified atom stereocenters. The maximum atomic E-state index is 13.3. The maximum Gasteiger partial charge on any atom is 0.322 e. The molecule has 1 aliphatic heterocycles. The number of hydrogen-bond donors (Lipinski definition) is 1. The molecular formula is C29H28N4O2S. The van der Waals surface area contributed by atoms with Crippen LogP contribution in [0, 0.1) is 0 Å². The Bertz CT molecular complexity index is 1380. The summed E-state index contributed by atoms with van der Waals surface area (Å²) in [5.74, 6) is 0.920. The topological polar surface area (TPSA) is 71.3 Å². The van der Waals surface area contributed by atoms with Crippen LogP contribution < -0.4 is 5.32 Å². The zero-order valence-electron chi connectivity index (χ0n) is 20.6. The SMILES string of the molecule is CCc1ccc(C2NC(=O)N(Cc3ccccc3)C(C)=C2c2nc(-c3ccc(SC)cc3)no2)cc1. The molecule has 1 N–H and O–H groups in total. The van der Waals surface area contributed by atoms with E-state index in [9.17, 15) is 4.79 Å². The molecule has 0 radical (unpaired) electrons. The zero-order valence-corrected chi connectivity index (χ0v) is 21.4. The Balaban J connectivity index is 1.57. The van der Waals surface area contributed by atoms with Crippen molar-refractivity contribution < 1.29 is 9.32 Å². The average molecular weight is 497 g/mol. The molecule has 7 heteroatoms. The quantitative estimate of drug-likeness (QED) is 0.288. The van der Waals surface area contributed by atoms with E-state index in [-0.39, 0.29) is 6.03 Å². The van der Waals surface area contributed by atoms with Gasteiger partial charge in [-0.3, -0.25) is 4.90 Å². The Morgan fingerprint density at radius 2 is 1.69 bits per heavy atom. The van der Waals surface area contributed by atoms with E-state index in [1.807, 2.05) is 67.8 Å². The standard InChI is InChI=1S/C29H28N4O2S/c1-4-20-10-12-22(13-11-20)26-25(19(2)33(29(34)30-26)18-21-8-6-5-7-9-21)28-31-27(32-35-28)23-14-16-24(36-3)17-15-23/h5-17,26H,4,18H2,1-3H3,(H,30,34). The van der Waals surface area contributed by atoms with Crippen LogP contribution in [0.15, 0.2) is 94.0 Å². The van der Waals surface area contributed by atoms with E-state index in [0.717, 1.165) is 34.4 Å². The van der Waals surface area contributed by atoms with E-state index in [2.05, 4.69) is 41.7 Å². The third kappa shape index (κ3) is 4.79. The van der Waals surface area contributed by atoms with Gasteiger partial charge in [0.2, 0.25) is 5.82 Å². The Hall–Kier alpha value is -3.84. The maximum absolute atomic E-state index is 13.3. The van der Waals surface area contributed by atoms with Gasteiger partial charge in [0.25, 0.3) is 5.89 Å². The van der Waals surface area contributed by atoms with Crippen LogP contribution in [0.1, 0.15) is 42.5 Å². The molecule has 3 aromatic carbocycles. The van der Waals surface area contributed by atoms with Crippen LogP contribution in [0.5, 0.6) is 0 Å². The summed E-state index contributed by atoms with van der Waals surface area (Å²) in [4.78, 5) is 21.0. The van der Waals surface area contributed by atoms with Gasteiger partial charge in [0.05, 0.1) is 18.2 Å². The molecule has 0 aliphatic carbocycles. The van der Waals surface area contributed by atoms with Crippen molar-refractivity contribution in [3.8, 4) is 11.4 Å². The fourth-order valence-electron chi connectivity index (χ4n) is 4.40. The third-order valence-electron chi connectivity index (χ3n) is 6.51. The molecule has 6 nitrogen and oxygen atoms in total. The minimum Gasteiger partial charge on any atom is -0.334 e. The highest BCUT2D eigenvalue weighted by molar-refractivity contribution is 7.98. The molecule has 1 aromatic heterocycles. The largest absolute Gasteiger partial charge is 0.334 e. The van der Waals surface area contributed by atoms with Crippen molar-refractivity contribution in [2.24, 2.45) is 0 Å². The predicted molar refractivity (Wildman–Crippen MR) is 143 cm³/mol. The first-order valence-electron chi connectivity index (χ1n) is 12.0. The highest BCUT2D eigenvalue weighted by Crippen LogP contribution is 2.38. The average Bonchev–Trinajstić information content (AvgIpc) is 3.41. The summed E-state index contributed by atoms with van der Waals surface area (Å²) < 4.78 is 5.81. The summed E-state index contributed by atoms with van der Waals surface area (Å²) in [6, 6.07) is 25.8. The fourth-order valence-corrected chi connectivity index (χ4v) is 4.81. The Morgan fingerprint density at radius 3 is 2.36 bits per heavy atom. The smallest absolute Gasteiger partial charge is 0.322 e. The number of aryl methyl sites for hydroxylation is 1. The Labute approximate surface area is 215 Å². The molecule has 36 heavy (non-hydrogen) atoms. The van der Waals surface area contributed by atoms with Crippen molar-refractivity contribution in [3.05, 3.63) is 107 Å². The van der Waals surface area contributed by atoms with E-state index in [1.54, 1.807) is 16.7 Å². The van der Waals surface area contributed by atoms with Crippen molar-refractivity contribution in [2.45, 2.75) is 37.8 Å². The van der Waals surface area contributed by atoms with Crippen LogP contribution in [-0.4, -0.2) is 27.3 Å². The second kappa shape index (κ2) is 10.4. The summed E-state index contributed by atoms with van der Waals surface area (Å²) in [6.07, 6.45) is 2.99. The lowest BCUT2D eigenvalue weighted by Gasteiger charge is -2.35. The third-order valence-corrected chi connectivity index (χ3v) is 7.25. The number of nitrogens with one attached hydrogen (secondary N) is 1. The van der Waals surface area contributed by atoms with Gasteiger partial charge in [-0.25, -0.2) is 4.79 Å². The Kier molecular flexibility index (Phi) is 6.91. The lowest BCUT2D eigenvalue weighted by Crippen LogP contribution is -2.45. The van der Waals surface area contributed by atoms with Gasteiger partial charge in [-0.1, -0.05) is 66.7 Å². The fraction of sp³-hybridized carbons (Fsp3) is 0.207. The molecule has 0 saturated heterocycles. The van der Waals surface area contributed by atoms with E-state index >= 15 is 0 Å². The van der Waals surface area contributed by atoms with Gasteiger partial charge in [0.1, 0.15) is 0 Å². The number of aromatic nitrogens is 2. The predicted octanol–water partition coefficient (Wildman–Crippen LogP) is 6.72. The number of carbonyl (C=O) groups is 1. The molecule has 182 valence electrons. The second-order valence-corrected chi connectivity index (χ2v) is 9.58. The number of hydrogen-bond acceptors (Lipinski definition) is 5. The molecule has 0 fully saturated rings. The van der Waals surface area contributed by atoms with E-state index < -0.39 is 6.04 Å². The van der Waals surface area contributed by atoms with Crippen LogP contribution in [0.2, 0.25) is 0 Å². The number of rotatable bonds is 7. The minimum atomic E-state index is -0.400. The molecule has 5 rings (SSSR count). The molecule has 1 atom stereocenters. The first-order valence-corrected chi connectivity index (χ1v) is 13.2. The zero-order chi connectivity index (χ0) is 25.1. The Morgan fingerprint density at radius 1 is 0.972 bits per heavy atom. The molecule has 2 heterocycles. The van der Waals surface area contributed by atoms with Crippen molar-refractivity contribution >= 4 is 23.4 Å². The highest BCUT2D eigenvalue weighted by atomic mass is 32.2. The van der Waals surface area contributed by atoms with E-state index in [0.29, 0.717) is 18.3 Å². The minimum absolute atomic E-state index is 0.155. The summed E-state index contributed by atoms with van der Waals surface area (Å²) in [5.41, 5.74) is 5.72. The van der Waals surface area contributed by atoms with Crippen molar-refractivity contribution in [1.29, 1.82) is 0 Å². The number of carbonyl (C=O) groups excluding carboxylic acids is 1. The molecule has 4 aromatic rings. The van der Waals surface area contributed by atoms with Crippen LogP contribution in [0.25, 0.3) is 17.0 Å². The van der Waals surface area contributed by atoms with Gasteiger partial charge in [-0.15, -0.1) is 11.8 Å². The van der Waals surface area contributed by atoms with Crippen LogP contribution in [0.4, 0.5) is 4.79 Å². The summed E-state index contributed by atoms with van der Waals surface area (Å²) in [7, 11) is 0. The monoisotopic (exact) mass is 496 g/mol. The lowest BCUT2D eigenvalue weighted by atomic mass is 9.93. The van der Waals surface area contributed by atoms with Gasteiger partial charge in [-0.05, 0) is 60.6 Å². The molecule has 0 spiro atoms. The summed E-state index contributed by atoms with van der Waals surface area (Å²) >= 11 is 1.68. The first kappa shape index (κ1) is 23.9. The first-order chi connectivity index (χ1) is 17.6. The van der Waals surface area contributed by atoms with E-state index in [1.165, 1.54) is 10.5 Å². The van der Waals surface area contributed by atoms with Crippen molar-refractivity contribution in [3.63, 3.8) is 0 Å². The molecule has 0 bridgehead atoms. The van der Waals surface area contributed by atoms with Crippen molar-refractivity contribution in [2.75, 3.05) is 6.26 Å². The number of amides is 2. The second-order valence-electron chi connectivity index (χ2n) is 8.70. The van der Waals surface area contributed by atoms with Gasteiger partial charge < -0.3 is 9.84 Å². The summed E-state index contributed by atoms with van der Waals surface area (Å²) in [6.45, 7) is 4.52. The molecule has 1 aliphatic rings. The lowest BCUT2D eigenvalue weighted by molar-refractivity contribution is 0.203. The number of thioether (sulfide) groups is 1. The summed E-state index contributed by atoms with van der Waals surface area (Å²) in [5, 5.41) is 7.46. The highest BCUT2D eigenvalue weighted by Gasteiger charge is 2.35. The van der Waals surface area contributed by atoms with Gasteiger partial charge in [0.15, 0.2) is 0 Å². The number of urea groups is 1. The van der Waals surface area contributed by atoms with Gasteiger partial charge in [-0.2, -0.15) is 4.98 Å². The normalized spacial score (nSPS) is 15.8. The molecular weight excluding hydrogens is 468 g/mol. The number of allylic oxidation sites excluding steroid dienone is 1. The van der Waals surface area contributed by atoms with Gasteiger partial charge >= 0.3 is 6.03 Å². The number of benzene rings is 3. The number of nitrogens with zero attached hydrogens (tertiary/aromatic N) is 3. The van der Waals surface area contributed by atoms with Crippen LogP contribution >= 0.6 is 11.8 Å². The molecule has 2 amide bonds. The van der Waals surface area contributed by atoms with Crippen LogP contribution in [0.3, 0.4) is 0 Å². The van der Waals surface area contributed by atoms with Gasteiger partial charge in [0, 0.05) is 16.2 Å². The molecule has 0 saturated carbocycles. The van der Waals surface area contributed by atoms with E-state index in [4.69, 9.17) is 9.51 Å². The van der Waals surface area contributed by atoms with Crippen LogP contribution in [-0.2, 0) is 13.0 Å².